The second-order valence-corrected chi connectivity index (χ2v) is 7.22. The predicted molar refractivity (Wildman–Crippen MR) is 88.9 cm³/mol. The van der Waals surface area contributed by atoms with Crippen LogP contribution in [0.5, 0.6) is 0 Å². The summed E-state index contributed by atoms with van der Waals surface area (Å²) in [5.41, 5.74) is 1.75. The molecular weight excluding hydrogens is 312 g/mol. The Hall–Kier alpha value is -0.410. The van der Waals surface area contributed by atoms with Gasteiger partial charge in [-0.2, -0.15) is 0 Å². The van der Waals surface area contributed by atoms with E-state index in [2.05, 4.69) is 46.1 Å². The Morgan fingerprint density at radius 3 is 2.75 bits per heavy atom. The van der Waals surface area contributed by atoms with Crippen LogP contribution in [-0.4, -0.2) is 17.6 Å². The van der Waals surface area contributed by atoms with Crippen molar-refractivity contribution >= 4 is 15.9 Å². The van der Waals surface area contributed by atoms with Gasteiger partial charge in [0, 0.05) is 29.5 Å². The van der Waals surface area contributed by atoms with Crippen LogP contribution in [0.25, 0.3) is 0 Å². The number of aromatic nitrogens is 1. The summed E-state index contributed by atoms with van der Waals surface area (Å²) in [5, 5.41) is 3.76. The molecule has 112 valence electrons. The molecule has 1 atom stereocenters. The van der Waals surface area contributed by atoms with E-state index in [1.54, 1.807) is 0 Å². The molecular formula is C17H27BrN2. The van der Waals surface area contributed by atoms with Gasteiger partial charge in [0.2, 0.25) is 0 Å². The summed E-state index contributed by atoms with van der Waals surface area (Å²) in [6.45, 7) is 5.78. The van der Waals surface area contributed by atoms with Crippen molar-refractivity contribution in [3.05, 3.63) is 28.5 Å². The average Bonchev–Trinajstić information content (AvgIpc) is 3.26. The molecule has 1 unspecified atom stereocenters. The highest BCUT2D eigenvalue weighted by Crippen LogP contribution is 2.34. The van der Waals surface area contributed by atoms with Gasteiger partial charge in [-0.15, -0.1) is 0 Å². The average molecular weight is 339 g/mol. The molecule has 1 aromatic rings. The summed E-state index contributed by atoms with van der Waals surface area (Å²) in [7, 11) is 0. The Kier molecular flexibility index (Phi) is 6.03. The minimum Gasteiger partial charge on any atom is -0.313 e. The van der Waals surface area contributed by atoms with Gasteiger partial charge < -0.3 is 5.32 Å². The van der Waals surface area contributed by atoms with Gasteiger partial charge in [-0.1, -0.05) is 26.7 Å². The molecule has 1 aromatic heterocycles. The molecule has 0 amide bonds. The summed E-state index contributed by atoms with van der Waals surface area (Å²) >= 11 is 3.54. The lowest BCUT2D eigenvalue weighted by Crippen LogP contribution is -2.37. The molecule has 0 aromatic carbocycles. The number of nitrogens with zero attached hydrogens (tertiary/aromatic N) is 1. The molecule has 1 saturated carbocycles. The van der Waals surface area contributed by atoms with Gasteiger partial charge in [0.15, 0.2) is 0 Å². The van der Waals surface area contributed by atoms with E-state index >= 15 is 0 Å². The third-order valence-electron chi connectivity index (χ3n) is 4.49. The van der Waals surface area contributed by atoms with Crippen molar-refractivity contribution in [2.75, 3.05) is 6.54 Å². The topological polar surface area (TPSA) is 24.9 Å². The lowest BCUT2D eigenvalue weighted by molar-refractivity contribution is 0.228. The molecule has 0 aliphatic heterocycles. The summed E-state index contributed by atoms with van der Waals surface area (Å²) in [6, 6.07) is 3.02. The Bertz CT molecular complexity index is 417. The molecule has 0 spiro atoms. The smallest absolute Gasteiger partial charge is 0.0410 e. The second kappa shape index (κ2) is 7.56. The number of hydrogen-bond donors (Lipinski definition) is 1. The van der Waals surface area contributed by atoms with Crippen LogP contribution in [0, 0.1) is 5.41 Å². The van der Waals surface area contributed by atoms with Crippen molar-refractivity contribution < 1.29 is 0 Å². The summed E-state index contributed by atoms with van der Waals surface area (Å²) < 4.78 is 1.09. The van der Waals surface area contributed by atoms with Gasteiger partial charge in [-0.25, -0.2) is 0 Å². The van der Waals surface area contributed by atoms with Crippen LogP contribution in [0.15, 0.2) is 22.9 Å². The van der Waals surface area contributed by atoms with Crippen molar-refractivity contribution in [1.29, 1.82) is 0 Å². The fourth-order valence-electron chi connectivity index (χ4n) is 2.85. The number of pyridine rings is 1. The minimum absolute atomic E-state index is 0.390. The molecule has 1 aliphatic rings. The van der Waals surface area contributed by atoms with Crippen LogP contribution in [0.4, 0.5) is 0 Å². The van der Waals surface area contributed by atoms with Crippen LogP contribution in [0.1, 0.15) is 57.9 Å². The number of hydrogen-bond acceptors (Lipinski definition) is 2. The van der Waals surface area contributed by atoms with E-state index < -0.39 is 0 Å². The molecule has 1 fully saturated rings. The molecule has 2 rings (SSSR count). The number of rotatable bonds is 9. The lowest BCUT2D eigenvalue weighted by Gasteiger charge is -2.34. The van der Waals surface area contributed by atoms with Crippen LogP contribution in [0.3, 0.4) is 0 Å². The third kappa shape index (κ3) is 4.85. The zero-order chi connectivity index (χ0) is 14.4. The number of unbranched alkanes of at least 4 members (excludes halogenated alkanes) is 1. The summed E-state index contributed by atoms with van der Waals surface area (Å²) in [6.07, 6.45) is 12.9. The van der Waals surface area contributed by atoms with E-state index in [-0.39, 0.29) is 0 Å². The van der Waals surface area contributed by atoms with Gasteiger partial charge in [0.1, 0.15) is 0 Å². The van der Waals surface area contributed by atoms with E-state index in [0.29, 0.717) is 5.41 Å². The standard InChI is InChI=1S/C17H27BrN2/c1-3-5-8-17(4-2,13-20-16-6-7-16)10-14-9-15(18)12-19-11-14/h9,11-12,16,20H,3-8,10,13H2,1-2H3. The van der Waals surface area contributed by atoms with Crippen molar-refractivity contribution in [2.45, 2.75) is 64.8 Å². The first-order chi connectivity index (χ1) is 9.67. The SMILES string of the molecule is CCCCC(CC)(CNC1CC1)Cc1cncc(Br)c1. The second-order valence-electron chi connectivity index (χ2n) is 6.30. The zero-order valence-electron chi connectivity index (χ0n) is 12.8. The first kappa shape index (κ1) is 16.0. The van der Waals surface area contributed by atoms with Gasteiger partial charge in [0.05, 0.1) is 0 Å². The monoisotopic (exact) mass is 338 g/mol. The quantitative estimate of drug-likeness (QED) is 0.704. The molecule has 0 saturated heterocycles. The molecule has 20 heavy (non-hydrogen) atoms. The Balaban J connectivity index is 2.05. The fourth-order valence-corrected chi connectivity index (χ4v) is 3.26. The Morgan fingerprint density at radius 2 is 2.15 bits per heavy atom. The van der Waals surface area contributed by atoms with E-state index in [9.17, 15) is 0 Å². The Labute approximate surface area is 131 Å². The van der Waals surface area contributed by atoms with Gasteiger partial charge in [0.25, 0.3) is 0 Å². The number of nitrogens with one attached hydrogen (secondary N) is 1. The molecule has 1 N–H and O–H groups in total. The largest absolute Gasteiger partial charge is 0.313 e. The van der Waals surface area contributed by atoms with E-state index in [0.717, 1.165) is 23.5 Å². The van der Waals surface area contributed by atoms with Gasteiger partial charge in [-0.3, -0.25) is 4.98 Å². The third-order valence-corrected chi connectivity index (χ3v) is 4.93. The number of halogens is 1. The Morgan fingerprint density at radius 1 is 1.35 bits per heavy atom. The van der Waals surface area contributed by atoms with Crippen LogP contribution in [-0.2, 0) is 6.42 Å². The van der Waals surface area contributed by atoms with E-state index in [1.807, 2.05) is 12.4 Å². The maximum Gasteiger partial charge on any atom is 0.0410 e. The molecule has 2 nitrogen and oxygen atoms in total. The zero-order valence-corrected chi connectivity index (χ0v) is 14.4. The van der Waals surface area contributed by atoms with Crippen LogP contribution < -0.4 is 5.32 Å². The van der Waals surface area contributed by atoms with E-state index in [1.165, 1.54) is 44.1 Å². The van der Waals surface area contributed by atoms with Crippen molar-refractivity contribution in [1.82, 2.24) is 10.3 Å². The maximum atomic E-state index is 4.32. The fraction of sp³-hybridized carbons (Fsp3) is 0.706. The highest BCUT2D eigenvalue weighted by molar-refractivity contribution is 9.10. The highest BCUT2D eigenvalue weighted by Gasteiger charge is 2.31. The predicted octanol–water partition coefficient (Wildman–Crippen LogP) is 4.73. The van der Waals surface area contributed by atoms with E-state index in [4.69, 9.17) is 0 Å². The lowest BCUT2D eigenvalue weighted by atomic mass is 9.75. The van der Waals surface area contributed by atoms with Crippen LogP contribution in [0.2, 0.25) is 0 Å². The van der Waals surface area contributed by atoms with Crippen molar-refractivity contribution in [3.63, 3.8) is 0 Å². The molecule has 3 heteroatoms. The van der Waals surface area contributed by atoms with Gasteiger partial charge >= 0.3 is 0 Å². The normalized spacial score (nSPS) is 17.9. The molecule has 0 radical (unpaired) electrons. The maximum absolute atomic E-state index is 4.32. The van der Waals surface area contributed by atoms with Gasteiger partial charge in [-0.05, 0) is 65.1 Å². The molecule has 0 bridgehead atoms. The summed E-state index contributed by atoms with van der Waals surface area (Å²) in [5.74, 6) is 0. The molecule has 1 heterocycles. The van der Waals surface area contributed by atoms with Crippen molar-refractivity contribution in [3.8, 4) is 0 Å². The minimum atomic E-state index is 0.390. The highest BCUT2D eigenvalue weighted by atomic mass is 79.9. The van der Waals surface area contributed by atoms with Crippen LogP contribution >= 0.6 is 15.9 Å². The first-order valence-electron chi connectivity index (χ1n) is 8.00. The van der Waals surface area contributed by atoms with Crippen molar-refractivity contribution in [2.24, 2.45) is 5.41 Å². The first-order valence-corrected chi connectivity index (χ1v) is 8.79. The molecule has 1 aliphatic carbocycles. The summed E-state index contributed by atoms with van der Waals surface area (Å²) in [4.78, 5) is 4.32.